The molecular weight excluding hydrogens is 678 g/mol. The van der Waals surface area contributed by atoms with Gasteiger partial charge in [0.1, 0.15) is 12.2 Å². The highest BCUT2D eigenvalue weighted by Crippen LogP contribution is 2.28. The van der Waals surface area contributed by atoms with Gasteiger partial charge < -0.3 is 56.8 Å². The SMILES string of the molecule is CC1(C)OCC(CCCCC(COCC2COC(C)(C)O2)OCC(COC(CCCCC2COC(C)(C)O2)COCC2COC(C)(C)O2)N=[N+]=[N-])O1. The molecule has 4 heterocycles. The van der Waals surface area contributed by atoms with Crippen molar-refractivity contribution >= 4 is 0 Å². The molecule has 0 bridgehead atoms. The summed E-state index contributed by atoms with van der Waals surface area (Å²) in [5.41, 5.74) is 9.41. The maximum absolute atomic E-state index is 9.41. The number of unbranched alkanes of at least 4 members (excludes halogenated alkanes) is 2. The van der Waals surface area contributed by atoms with Gasteiger partial charge in [0.25, 0.3) is 0 Å². The summed E-state index contributed by atoms with van der Waals surface area (Å²) < 4.78 is 71.4. The summed E-state index contributed by atoms with van der Waals surface area (Å²) in [5.74, 6) is -2.27. The molecule has 4 rings (SSSR count). The van der Waals surface area contributed by atoms with Crippen LogP contribution in [-0.4, -0.2) is 132 Å². The van der Waals surface area contributed by atoms with Gasteiger partial charge in [-0.25, -0.2) is 0 Å². The minimum atomic E-state index is -0.609. The molecule has 4 aliphatic rings. The van der Waals surface area contributed by atoms with E-state index in [0.717, 1.165) is 51.4 Å². The fraction of sp³-hybridized carbons (Fsp3) is 1.00. The van der Waals surface area contributed by atoms with Crippen molar-refractivity contribution in [1.29, 1.82) is 0 Å². The third-order valence-electron chi connectivity index (χ3n) is 9.35. The standard InChI is InChI=1S/C37H67N3O12/c1-34(2)45-23-30(49-34)15-11-9-13-28(19-41-21-32-25-47-36(5,6)51-32)43-17-27(39-40-38)18-44-29(20-42-22-33-26-48-37(7,8)52-33)14-10-12-16-31-24-46-35(3,4)50-31/h27-33H,9-26H2,1-8H3. The van der Waals surface area contributed by atoms with Crippen LogP contribution in [0, 0.1) is 0 Å². The molecule has 4 aliphatic heterocycles. The van der Waals surface area contributed by atoms with E-state index in [4.69, 9.17) is 56.8 Å². The molecule has 302 valence electrons. The summed E-state index contributed by atoms with van der Waals surface area (Å²) in [6, 6.07) is -0.521. The van der Waals surface area contributed by atoms with Crippen LogP contribution in [0.3, 0.4) is 0 Å². The van der Waals surface area contributed by atoms with Gasteiger partial charge in [-0.2, -0.15) is 0 Å². The van der Waals surface area contributed by atoms with Crippen molar-refractivity contribution in [2.45, 2.75) is 173 Å². The Kier molecular flexibility index (Phi) is 17.3. The molecule has 0 amide bonds. The van der Waals surface area contributed by atoms with E-state index in [-0.39, 0.29) is 49.8 Å². The predicted molar refractivity (Wildman–Crippen MR) is 191 cm³/mol. The van der Waals surface area contributed by atoms with E-state index in [0.29, 0.717) is 52.9 Å². The highest BCUT2D eigenvalue weighted by molar-refractivity contribution is 4.76. The lowest BCUT2D eigenvalue weighted by Crippen LogP contribution is -2.32. The van der Waals surface area contributed by atoms with Gasteiger partial charge in [-0.05, 0) is 86.6 Å². The molecule has 0 aromatic rings. The van der Waals surface area contributed by atoms with Crippen molar-refractivity contribution in [3.8, 4) is 0 Å². The molecule has 6 atom stereocenters. The van der Waals surface area contributed by atoms with E-state index in [2.05, 4.69) is 10.0 Å². The first-order chi connectivity index (χ1) is 24.6. The lowest BCUT2D eigenvalue weighted by molar-refractivity contribution is -0.147. The van der Waals surface area contributed by atoms with Crippen LogP contribution in [0.25, 0.3) is 10.4 Å². The third-order valence-corrected chi connectivity index (χ3v) is 9.35. The van der Waals surface area contributed by atoms with Crippen LogP contribution < -0.4 is 0 Å². The Hall–Kier alpha value is -1.17. The fourth-order valence-corrected chi connectivity index (χ4v) is 6.76. The normalized spacial score (nSPS) is 29.2. The monoisotopic (exact) mass is 745 g/mol. The molecule has 0 spiro atoms. The quantitative estimate of drug-likeness (QED) is 0.0452. The molecule has 15 nitrogen and oxygen atoms in total. The molecule has 4 saturated heterocycles. The lowest BCUT2D eigenvalue weighted by atomic mass is 10.1. The first-order valence-corrected chi connectivity index (χ1v) is 19.3. The summed E-state index contributed by atoms with van der Waals surface area (Å²) in [6.07, 6.45) is 6.70. The van der Waals surface area contributed by atoms with Crippen LogP contribution >= 0.6 is 0 Å². The number of azide groups is 1. The molecule has 4 fully saturated rings. The Morgan fingerprint density at radius 1 is 0.558 bits per heavy atom. The molecule has 0 aliphatic carbocycles. The van der Waals surface area contributed by atoms with Crippen LogP contribution in [0.1, 0.15) is 107 Å². The summed E-state index contributed by atoms with van der Waals surface area (Å²) in [7, 11) is 0. The molecule has 52 heavy (non-hydrogen) atoms. The Bertz CT molecular complexity index is 1010. The molecule has 0 radical (unpaired) electrons. The smallest absolute Gasteiger partial charge is 0.163 e. The van der Waals surface area contributed by atoms with Gasteiger partial charge >= 0.3 is 0 Å². The van der Waals surface area contributed by atoms with E-state index in [9.17, 15) is 5.53 Å². The summed E-state index contributed by atoms with van der Waals surface area (Å²) >= 11 is 0. The maximum atomic E-state index is 9.41. The minimum Gasteiger partial charge on any atom is -0.376 e. The van der Waals surface area contributed by atoms with Crippen molar-refractivity contribution in [2.24, 2.45) is 5.11 Å². The van der Waals surface area contributed by atoms with Crippen LogP contribution in [0.4, 0.5) is 0 Å². The first-order valence-electron chi connectivity index (χ1n) is 19.3. The largest absolute Gasteiger partial charge is 0.376 e. The van der Waals surface area contributed by atoms with Gasteiger partial charge in [0.05, 0.1) is 96.5 Å². The van der Waals surface area contributed by atoms with E-state index in [1.165, 1.54) is 0 Å². The Labute approximate surface area is 310 Å². The topological polar surface area (TPSA) is 160 Å². The summed E-state index contributed by atoms with van der Waals surface area (Å²) in [6.45, 7) is 19.5. The molecular formula is C37H67N3O12. The van der Waals surface area contributed by atoms with E-state index in [1.807, 2.05) is 55.4 Å². The van der Waals surface area contributed by atoms with Gasteiger partial charge in [0.2, 0.25) is 0 Å². The average Bonchev–Trinajstić information content (AvgIpc) is 3.81. The van der Waals surface area contributed by atoms with Crippen molar-refractivity contribution in [3.63, 3.8) is 0 Å². The molecule has 0 aromatic heterocycles. The molecule has 15 heteroatoms. The van der Waals surface area contributed by atoms with E-state index in [1.54, 1.807) is 0 Å². The van der Waals surface area contributed by atoms with Crippen molar-refractivity contribution in [1.82, 2.24) is 0 Å². The maximum Gasteiger partial charge on any atom is 0.163 e. The summed E-state index contributed by atoms with van der Waals surface area (Å²) in [5, 5.41) is 4.03. The molecule has 0 aromatic carbocycles. The highest BCUT2D eigenvalue weighted by atomic mass is 16.8. The van der Waals surface area contributed by atoms with Crippen LogP contribution in [0.15, 0.2) is 5.11 Å². The third kappa shape index (κ3) is 16.7. The van der Waals surface area contributed by atoms with Crippen LogP contribution in [0.2, 0.25) is 0 Å². The molecule has 6 unspecified atom stereocenters. The zero-order valence-corrected chi connectivity index (χ0v) is 33.0. The fourth-order valence-electron chi connectivity index (χ4n) is 6.76. The Morgan fingerprint density at radius 2 is 0.923 bits per heavy atom. The number of ether oxygens (including phenoxy) is 12. The van der Waals surface area contributed by atoms with Gasteiger partial charge in [0, 0.05) is 4.91 Å². The lowest BCUT2D eigenvalue weighted by Gasteiger charge is -2.24. The van der Waals surface area contributed by atoms with Crippen molar-refractivity contribution in [3.05, 3.63) is 10.4 Å². The van der Waals surface area contributed by atoms with Gasteiger partial charge in [0.15, 0.2) is 23.1 Å². The Morgan fingerprint density at radius 3 is 1.25 bits per heavy atom. The number of hydrogen-bond donors (Lipinski definition) is 0. The van der Waals surface area contributed by atoms with Gasteiger partial charge in [-0.15, -0.1) is 0 Å². The van der Waals surface area contributed by atoms with Gasteiger partial charge in [-0.1, -0.05) is 30.8 Å². The first kappa shape index (κ1) is 43.6. The highest BCUT2D eigenvalue weighted by Gasteiger charge is 2.35. The minimum absolute atomic E-state index is 0.0972. The van der Waals surface area contributed by atoms with E-state index < -0.39 is 29.2 Å². The molecule has 0 N–H and O–H groups in total. The second-order valence-electron chi connectivity index (χ2n) is 16.2. The van der Waals surface area contributed by atoms with Crippen LogP contribution in [0.5, 0.6) is 0 Å². The van der Waals surface area contributed by atoms with E-state index >= 15 is 0 Å². The van der Waals surface area contributed by atoms with Crippen molar-refractivity contribution < 1.29 is 56.8 Å². The number of rotatable bonds is 25. The second kappa shape index (κ2) is 20.7. The second-order valence-corrected chi connectivity index (χ2v) is 16.2. The zero-order valence-electron chi connectivity index (χ0n) is 33.0. The van der Waals surface area contributed by atoms with Crippen molar-refractivity contribution in [2.75, 3.05) is 66.1 Å². The van der Waals surface area contributed by atoms with Crippen LogP contribution in [-0.2, 0) is 56.8 Å². The number of nitrogens with zero attached hydrogens (tertiary/aromatic N) is 3. The summed E-state index contributed by atoms with van der Waals surface area (Å²) in [4.78, 5) is 3.10. The zero-order chi connectivity index (χ0) is 37.7. The molecule has 0 saturated carbocycles. The number of hydrogen-bond acceptors (Lipinski definition) is 13. The van der Waals surface area contributed by atoms with Gasteiger partial charge in [-0.3, -0.25) is 0 Å². The predicted octanol–water partition coefficient (Wildman–Crippen LogP) is 6.20. The Balaban J connectivity index is 1.25. The average molecular weight is 746 g/mol.